The van der Waals surface area contributed by atoms with Gasteiger partial charge in [0.2, 0.25) is 0 Å². The summed E-state index contributed by atoms with van der Waals surface area (Å²) in [5, 5.41) is 3.31. The Morgan fingerprint density at radius 1 is 1.38 bits per heavy atom. The summed E-state index contributed by atoms with van der Waals surface area (Å²) in [5.74, 6) is 0.501. The number of fused-ring (bicyclic) bond motifs is 1. The smallest absolute Gasteiger partial charge is 0.100 e. The molecule has 0 fully saturated rings. The molecule has 1 aliphatic rings. The van der Waals surface area contributed by atoms with Gasteiger partial charge in [-0.15, -0.1) is 11.3 Å². The van der Waals surface area contributed by atoms with Crippen LogP contribution in [0.4, 0.5) is 0 Å². The molecule has 0 saturated heterocycles. The van der Waals surface area contributed by atoms with Gasteiger partial charge in [-0.25, -0.2) is 4.98 Å². The fourth-order valence-corrected chi connectivity index (χ4v) is 3.37. The third kappa shape index (κ3) is 1.56. The molecule has 16 heavy (non-hydrogen) atoms. The van der Waals surface area contributed by atoms with Gasteiger partial charge in [0.25, 0.3) is 0 Å². The second kappa shape index (κ2) is 4.00. The first kappa shape index (κ1) is 10.00. The van der Waals surface area contributed by atoms with Gasteiger partial charge in [0, 0.05) is 17.8 Å². The maximum atomic E-state index is 5.60. The average Bonchev–Trinajstić information content (AvgIpc) is 2.94. The number of rotatable bonds is 2. The molecule has 1 atom stereocenters. The normalized spacial score (nSPS) is 18.7. The molecule has 3 heteroatoms. The van der Waals surface area contributed by atoms with Crippen LogP contribution in [0.5, 0.6) is 0 Å². The molecular weight excluding hydrogens is 216 g/mol. The van der Waals surface area contributed by atoms with E-state index in [4.69, 9.17) is 5.73 Å². The Kier molecular flexibility index (Phi) is 2.50. The van der Waals surface area contributed by atoms with Crippen molar-refractivity contribution in [2.45, 2.75) is 25.3 Å². The van der Waals surface area contributed by atoms with Crippen LogP contribution in [0.25, 0.3) is 0 Å². The first-order valence-electron chi connectivity index (χ1n) is 5.60. The number of aromatic nitrogens is 1. The van der Waals surface area contributed by atoms with Gasteiger partial charge in [0.05, 0.1) is 5.69 Å². The van der Waals surface area contributed by atoms with E-state index in [1.54, 1.807) is 11.3 Å². The van der Waals surface area contributed by atoms with Crippen molar-refractivity contribution in [3.05, 3.63) is 51.5 Å². The lowest BCUT2D eigenvalue weighted by Gasteiger charge is -2.07. The van der Waals surface area contributed by atoms with Crippen LogP contribution in [0, 0.1) is 0 Å². The SMILES string of the molecule is NCc1csc(C2CCc3ccccc32)n1. The molecular formula is C13H14N2S. The monoisotopic (exact) mass is 230 g/mol. The van der Waals surface area contributed by atoms with E-state index < -0.39 is 0 Å². The molecule has 3 rings (SSSR count). The number of hydrogen-bond acceptors (Lipinski definition) is 3. The lowest BCUT2D eigenvalue weighted by atomic mass is 10.0. The predicted molar refractivity (Wildman–Crippen MR) is 66.6 cm³/mol. The molecule has 2 aromatic rings. The van der Waals surface area contributed by atoms with Crippen LogP contribution in [-0.2, 0) is 13.0 Å². The molecule has 1 aromatic carbocycles. The van der Waals surface area contributed by atoms with Crippen LogP contribution in [0.3, 0.4) is 0 Å². The van der Waals surface area contributed by atoms with E-state index in [1.165, 1.54) is 29.0 Å². The van der Waals surface area contributed by atoms with Crippen LogP contribution < -0.4 is 5.73 Å². The molecule has 0 bridgehead atoms. The highest BCUT2D eigenvalue weighted by atomic mass is 32.1. The van der Waals surface area contributed by atoms with Gasteiger partial charge in [-0.3, -0.25) is 0 Å². The Labute approximate surface area is 99.1 Å². The molecule has 2 nitrogen and oxygen atoms in total. The third-order valence-electron chi connectivity index (χ3n) is 3.21. The molecule has 2 N–H and O–H groups in total. The summed E-state index contributed by atoms with van der Waals surface area (Å²) in [4.78, 5) is 4.60. The average molecular weight is 230 g/mol. The Bertz CT molecular complexity index is 504. The quantitative estimate of drug-likeness (QED) is 0.861. The highest BCUT2D eigenvalue weighted by molar-refractivity contribution is 7.09. The molecule has 1 aliphatic carbocycles. The highest BCUT2D eigenvalue weighted by Gasteiger charge is 2.25. The van der Waals surface area contributed by atoms with Gasteiger partial charge in [0.1, 0.15) is 5.01 Å². The second-order valence-corrected chi connectivity index (χ2v) is 5.06. The summed E-state index contributed by atoms with van der Waals surface area (Å²) in [7, 11) is 0. The van der Waals surface area contributed by atoms with Gasteiger partial charge in [0.15, 0.2) is 0 Å². The minimum atomic E-state index is 0.501. The van der Waals surface area contributed by atoms with Crippen molar-refractivity contribution in [1.82, 2.24) is 4.98 Å². The van der Waals surface area contributed by atoms with Crippen LogP contribution in [0.15, 0.2) is 29.6 Å². The van der Waals surface area contributed by atoms with E-state index in [2.05, 4.69) is 34.6 Å². The fraction of sp³-hybridized carbons (Fsp3) is 0.308. The maximum absolute atomic E-state index is 5.60. The fourth-order valence-electron chi connectivity index (χ4n) is 2.39. The topological polar surface area (TPSA) is 38.9 Å². The van der Waals surface area contributed by atoms with Gasteiger partial charge in [-0.2, -0.15) is 0 Å². The lowest BCUT2D eigenvalue weighted by Crippen LogP contribution is -1.99. The predicted octanol–water partition coefficient (Wildman–Crippen LogP) is 2.68. The molecule has 0 aliphatic heterocycles. The highest BCUT2D eigenvalue weighted by Crippen LogP contribution is 2.38. The van der Waals surface area contributed by atoms with Gasteiger partial charge < -0.3 is 5.73 Å². The number of nitrogens with zero attached hydrogens (tertiary/aromatic N) is 1. The molecule has 1 aromatic heterocycles. The lowest BCUT2D eigenvalue weighted by molar-refractivity contribution is 0.774. The van der Waals surface area contributed by atoms with Gasteiger partial charge in [-0.05, 0) is 24.0 Å². The van der Waals surface area contributed by atoms with E-state index in [9.17, 15) is 0 Å². The van der Waals surface area contributed by atoms with Crippen molar-refractivity contribution in [2.75, 3.05) is 0 Å². The standard InChI is InChI=1S/C13H14N2S/c14-7-10-8-16-13(15-10)12-6-5-9-3-1-2-4-11(9)12/h1-4,8,12H,5-7,14H2. The van der Waals surface area contributed by atoms with E-state index in [0.717, 1.165) is 5.69 Å². The summed E-state index contributed by atoms with van der Waals surface area (Å²) in [5.41, 5.74) is 9.56. The summed E-state index contributed by atoms with van der Waals surface area (Å²) in [6.07, 6.45) is 2.37. The number of thiazole rings is 1. The van der Waals surface area contributed by atoms with E-state index in [-0.39, 0.29) is 0 Å². The summed E-state index contributed by atoms with van der Waals surface area (Å²) < 4.78 is 0. The summed E-state index contributed by atoms with van der Waals surface area (Å²) >= 11 is 1.74. The van der Waals surface area contributed by atoms with Gasteiger partial charge in [-0.1, -0.05) is 24.3 Å². The second-order valence-electron chi connectivity index (χ2n) is 4.17. The zero-order valence-electron chi connectivity index (χ0n) is 9.02. The minimum Gasteiger partial charge on any atom is -0.325 e. The van der Waals surface area contributed by atoms with Crippen molar-refractivity contribution in [3.8, 4) is 0 Å². The van der Waals surface area contributed by atoms with E-state index >= 15 is 0 Å². The zero-order chi connectivity index (χ0) is 11.0. The Morgan fingerprint density at radius 2 is 2.25 bits per heavy atom. The number of aryl methyl sites for hydroxylation is 1. The Morgan fingerprint density at radius 3 is 3.06 bits per heavy atom. The van der Waals surface area contributed by atoms with E-state index in [0.29, 0.717) is 12.5 Å². The molecule has 0 radical (unpaired) electrons. The number of benzene rings is 1. The van der Waals surface area contributed by atoms with Crippen molar-refractivity contribution in [3.63, 3.8) is 0 Å². The third-order valence-corrected chi connectivity index (χ3v) is 4.22. The Hall–Kier alpha value is -1.19. The summed E-state index contributed by atoms with van der Waals surface area (Å²) in [6, 6.07) is 8.70. The summed E-state index contributed by atoms with van der Waals surface area (Å²) in [6.45, 7) is 0.546. The van der Waals surface area contributed by atoms with Crippen molar-refractivity contribution in [2.24, 2.45) is 5.73 Å². The molecule has 1 heterocycles. The maximum Gasteiger partial charge on any atom is 0.100 e. The minimum absolute atomic E-state index is 0.501. The first-order chi connectivity index (χ1) is 7.88. The van der Waals surface area contributed by atoms with Crippen LogP contribution in [-0.4, -0.2) is 4.98 Å². The number of hydrogen-bond donors (Lipinski definition) is 1. The van der Waals surface area contributed by atoms with Crippen LogP contribution in [0.2, 0.25) is 0 Å². The molecule has 0 saturated carbocycles. The largest absolute Gasteiger partial charge is 0.325 e. The van der Waals surface area contributed by atoms with Crippen molar-refractivity contribution >= 4 is 11.3 Å². The molecule has 82 valence electrons. The molecule has 1 unspecified atom stereocenters. The van der Waals surface area contributed by atoms with Crippen LogP contribution >= 0.6 is 11.3 Å². The Balaban J connectivity index is 1.98. The van der Waals surface area contributed by atoms with Crippen molar-refractivity contribution in [1.29, 1.82) is 0 Å². The first-order valence-corrected chi connectivity index (χ1v) is 6.48. The van der Waals surface area contributed by atoms with Crippen molar-refractivity contribution < 1.29 is 0 Å². The zero-order valence-corrected chi connectivity index (χ0v) is 9.83. The molecule has 0 amide bonds. The number of nitrogens with two attached hydrogens (primary N) is 1. The van der Waals surface area contributed by atoms with Crippen LogP contribution in [0.1, 0.15) is 34.2 Å². The van der Waals surface area contributed by atoms with Gasteiger partial charge >= 0.3 is 0 Å². The molecule has 0 spiro atoms. The van der Waals surface area contributed by atoms with E-state index in [1.807, 2.05) is 0 Å².